The first-order valence-corrected chi connectivity index (χ1v) is 10.6. The van der Waals surface area contributed by atoms with E-state index in [-0.39, 0.29) is 0 Å². The molecule has 2 N–H and O–H groups in total. The van der Waals surface area contributed by atoms with E-state index < -0.39 is 6.10 Å². The van der Waals surface area contributed by atoms with Crippen molar-refractivity contribution in [2.24, 2.45) is 4.99 Å². The molecule has 0 spiro atoms. The molecule has 166 valence electrons. The number of para-hydroxylation sites is 1. The number of ether oxygens (including phenoxy) is 3. The first kappa shape index (κ1) is 21.3. The lowest BCUT2D eigenvalue weighted by molar-refractivity contribution is 0.0555. The number of anilines is 1. The summed E-state index contributed by atoms with van der Waals surface area (Å²) in [5, 5.41) is 13.8. The second-order valence-electron chi connectivity index (χ2n) is 7.69. The summed E-state index contributed by atoms with van der Waals surface area (Å²) in [5.41, 5.74) is 2.08. The van der Waals surface area contributed by atoms with Gasteiger partial charge in [-0.15, -0.1) is 0 Å². The van der Waals surface area contributed by atoms with Gasteiger partial charge in [0.2, 0.25) is 0 Å². The Bertz CT molecular complexity index is 898. The molecule has 0 radical (unpaired) electrons. The molecule has 31 heavy (non-hydrogen) atoms. The van der Waals surface area contributed by atoms with E-state index in [0.29, 0.717) is 31.2 Å². The Morgan fingerprint density at radius 2 is 1.74 bits per heavy atom. The number of methoxy groups -OCH3 is 2. The Hall–Kier alpha value is -2.97. The molecule has 0 saturated carbocycles. The molecule has 2 heterocycles. The van der Waals surface area contributed by atoms with E-state index in [9.17, 15) is 5.11 Å². The van der Waals surface area contributed by atoms with Gasteiger partial charge in [-0.05, 0) is 18.2 Å². The lowest BCUT2D eigenvalue weighted by atomic mass is 10.1. The van der Waals surface area contributed by atoms with Crippen molar-refractivity contribution in [1.82, 2.24) is 9.80 Å². The van der Waals surface area contributed by atoms with Gasteiger partial charge >= 0.3 is 0 Å². The minimum absolute atomic E-state index is 0.292. The van der Waals surface area contributed by atoms with Crippen molar-refractivity contribution in [2.45, 2.75) is 12.6 Å². The maximum Gasteiger partial charge on any atom is 0.198 e. The average Bonchev–Trinajstić information content (AvgIpc) is 2.82. The third-order valence-corrected chi connectivity index (χ3v) is 5.58. The van der Waals surface area contributed by atoms with Crippen molar-refractivity contribution >= 4 is 11.6 Å². The van der Waals surface area contributed by atoms with Gasteiger partial charge < -0.3 is 29.5 Å². The molecule has 2 aromatic carbocycles. The molecule has 2 aromatic rings. The first-order valence-electron chi connectivity index (χ1n) is 10.6. The van der Waals surface area contributed by atoms with Crippen molar-refractivity contribution in [1.29, 1.82) is 0 Å². The Morgan fingerprint density at radius 3 is 2.45 bits per heavy atom. The minimum atomic E-state index is -0.522. The van der Waals surface area contributed by atoms with Gasteiger partial charge in [0.15, 0.2) is 17.5 Å². The summed E-state index contributed by atoms with van der Waals surface area (Å²) in [4.78, 5) is 9.24. The predicted molar refractivity (Wildman–Crippen MR) is 120 cm³/mol. The first-order chi connectivity index (χ1) is 15.2. The number of hydrogen-bond acceptors (Lipinski definition) is 8. The lowest BCUT2D eigenvalue weighted by Gasteiger charge is -2.38. The number of benzene rings is 2. The van der Waals surface area contributed by atoms with Gasteiger partial charge in [0.1, 0.15) is 18.5 Å². The van der Waals surface area contributed by atoms with Crippen LogP contribution in [0.4, 0.5) is 5.69 Å². The zero-order valence-corrected chi connectivity index (χ0v) is 18.1. The highest BCUT2D eigenvalue weighted by Crippen LogP contribution is 2.35. The third kappa shape index (κ3) is 5.21. The van der Waals surface area contributed by atoms with Crippen LogP contribution in [-0.4, -0.2) is 80.5 Å². The number of fused-ring (bicyclic) bond motifs is 1. The number of aliphatic hydroxyl groups is 1. The second-order valence-corrected chi connectivity index (χ2v) is 7.69. The number of piperazine rings is 1. The monoisotopic (exact) mass is 426 g/mol. The summed E-state index contributed by atoms with van der Waals surface area (Å²) in [6.45, 7) is 4.92. The fourth-order valence-corrected chi connectivity index (χ4v) is 3.87. The molecule has 1 atom stereocenters. The summed E-state index contributed by atoms with van der Waals surface area (Å²) in [6.07, 6.45) is -0.522. The zero-order chi connectivity index (χ0) is 21.6. The van der Waals surface area contributed by atoms with E-state index in [4.69, 9.17) is 19.2 Å². The average molecular weight is 427 g/mol. The fraction of sp³-hybridized carbons (Fsp3) is 0.435. The van der Waals surface area contributed by atoms with Gasteiger partial charge in [0.25, 0.3) is 0 Å². The molecule has 4 rings (SSSR count). The highest BCUT2D eigenvalue weighted by Gasteiger charge is 2.24. The summed E-state index contributed by atoms with van der Waals surface area (Å²) in [6, 6.07) is 13.5. The second kappa shape index (κ2) is 9.89. The van der Waals surface area contributed by atoms with E-state index in [1.807, 2.05) is 42.5 Å². The molecule has 0 aliphatic carbocycles. The van der Waals surface area contributed by atoms with Crippen LogP contribution in [-0.2, 0) is 6.54 Å². The van der Waals surface area contributed by atoms with Gasteiger partial charge in [-0.2, -0.15) is 0 Å². The Balaban J connectivity index is 1.26. The van der Waals surface area contributed by atoms with E-state index >= 15 is 0 Å². The van der Waals surface area contributed by atoms with E-state index in [1.165, 1.54) is 0 Å². The quantitative estimate of drug-likeness (QED) is 0.702. The van der Waals surface area contributed by atoms with Gasteiger partial charge in [0, 0.05) is 50.0 Å². The molecule has 1 unspecified atom stereocenters. The van der Waals surface area contributed by atoms with Gasteiger partial charge in [0.05, 0.1) is 20.8 Å². The fourth-order valence-electron chi connectivity index (χ4n) is 3.87. The molecule has 8 nitrogen and oxygen atoms in total. The summed E-state index contributed by atoms with van der Waals surface area (Å²) < 4.78 is 16.5. The van der Waals surface area contributed by atoms with Crippen molar-refractivity contribution in [3.05, 3.63) is 48.0 Å². The molecule has 0 aromatic heterocycles. The number of aliphatic hydroxyl groups excluding tert-OH is 1. The SMILES string of the molecule is COc1cc2c(cc1OC)NC(N1CCN(CC(O)COc3ccccc3)CC1)=NC2. The van der Waals surface area contributed by atoms with Crippen LogP contribution in [0.3, 0.4) is 0 Å². The highest BCUT2D eigenvalue weighted by molar-refractivity contribution is 5.96. The van der Waals surface area contributed by atoms with Crippen molar-refractivity contribution in [3.8, 4) is 17.2 Å². The standard InChI is InChI=1S/C23H30N4O4/c1-29-21-12-17-14-24-23(25-20(17)13-22(21)30-2)27-10-8-26(9-11-27)15-18(28)16-31-19-6-4-3-5-7-19/h3-7,12-13,18,28H,8-11,14-16H2,1-2H3,(H,24,25). The smallest absolute Gasteiger partial charge is 0.198 e. The normalized spacial score (nSPS) is 17.3. The molecule has 2 aliphatic heterocycles. The summed E-state index contributed by atoms with van der Waals surface area (Å²) in [5.74, 6) is 3.08. The van der Waals surface area contributed by atoms with Crippen LogP contribution in [0.2, 0.25) is 0 Å². The number of nitrogens with zero attached hydrogens (tertiary/aromatic N) is 3. The molecular weight excluding hydrogens is 396 g/mol. The summed E-state index contributed by atoms with van der Waals surface area (Å²) in [7, 11) is 3.28. The van der Waals surface area contributed by atoms with Crippen LogP contribution in [0, 0.1) is 0 Å². The maximum absolute atomic E-state index is 10.3. The molecular formula is C23H30N4O4. The van der Waals surface area contributed by atoms with Gasteiger partial charge in [-0.1, -0.05) is 18.2 Å². The Morgan fingerprint density at radius 1 is 1.03 bits per heavy atom. The molecule has 8 heteroatoms. The minimum Gasteiger partial charge on any atom is -0.493 e. The van der Waals surface area contributed by atoms with Crippen molar-refractivity contribution in [3.63, 3.8) is 0 Å². The molecule has 2 aliphatic rings. The summed E-state index contributed by atoms with van der Waals surface area (Å²) >= 11 is 0. The van der Waals surface area contributed by atoms with Crippen LogP contribution in [0.1, 0.15) is 5.56 Å². The number of guanidine groups is 1. The van der Waals surface area contributed by atoms with Crippen molar-refractivity contribution in [2.75, 3.05) is 58.9 Å². The van der Waals surface area contributed by atoms with Crippen LogP contribution in [0.25, 0.3) is 0 Å². The predicted octanol–water partition coefficient (Wildman–Crippen LogP) is 2.04. The van der Waals surface area contributed by atoms with Crippen LogP contribution >= 0.6 is 0 Å². The van der Waals surface area contributed by atoms with Crippen molar-refractivity contribution < 1.29 is 19.3 Å². The highest BCUT2D eigenvalue weighted by atomic mass is 16.5. The molecule has 1 fully saturated rings. The van der Waals surface area contributed by atoms with E-state index in [0.717, 1.165) is 49.1 Å². The zero-order valence-electron chi connectivity index (χ0n) is 18.1. The number of rotatable bonds is 7. The lowest BCUT2D eigenvalue weighted by Crippen LogP contribution is -2.52. The number of hydrogen-bond donors (Lipinski definition) is 2. The topological polar surface area (TPSA) is 78.8 Å². The Labute approximate surface area is 183 Å². The van der Waals surface area contributed by atoms with Crippen LogP contribution < -0.4 is 19.5 Å². The third-order valence-electron chi connectivity index (χ3n) is 5.58. The van der Waals surface area contributed by atoms with Gasteiger partial charge in [-0.3, -0.25) is 4.90 Å². The van der Waals surface area contributed by atoms with E-state index in [2.05, 4.69) is 15.1 Å². The number of aliphatic imine (C=N–C) groups is 1. The van der Waals surface area contributed by atoms with Crippen LogP contribution in [0.5, 0.6) is 17.2 Å². The number of β-amino-alcohol motifs (C(OH)–C–C–N with tert-alkyl or cyclic N) is 1. The number of nitrogens with one attached hydrogen (secondary N) is 1. The maximum atomic E-state index is 10.3. The van der Waals surface area contributed by atoms with Crippen LogP contribution in [0.15, 0.2) is 47.5 Å². The van der Waals surface area contributed by atoms with E-state index in [1.54, 1.807) is 14.2 Å². The molecule has 1 saturated heterocycles. The Kier molecular flexibility index (Phi) is 6.79. The van der Waals surface area contributed by atoms with Gasteiger partial charge in [-0.25, -0.2) is 4.99 Å². The largest absolute Gasteiger partial charge is 0.493 e. The molecule has 0 bridgehead atoms. The molecule has 0 amide bonds.